The second kappa shape index (κ2) is 8.48. The molecule has 0 heterocycles. The van der Waals surface area contributed by atoms with Gasteiger partial charge in [0.05, 0.1) is 22.7 Å². The van der Waals surface area contributed by atoms with Crippen molar-refractivity contribution in [1.82, 2.24) is 0 Å². The summed E-state index contributed by atoms with van der Waals surface area (Å²) in [6, 6.07) is 9.89. The molecule has 140 valence electrons. The fourth-order valence-electron chi connectivity index (χ4n) is 2.46. The third-order valence-corrected chi connectivity index (χ3v) is 5.59. The van der Waals surface area contributed by atoms with Gasteiger partial charge in [0.1, 0.15) is 6.04 Å². The van der Waals surface area contributed by atoms with Gasteiger partial charge in [-0.1, -0.05) is 41.7 Å². The highest BCUT2D eigenvalue weighted by molar-refractivity contribution is 7.92. The summed E-state index contributed by atoms with van der Waals surface area (Å²) in [6.07, 6.45) is 1.30. The summed E-state index contributed by atoms with van der Waals surface area (Å²) < 4.78 is 25.8. The van der Waals surface area contributed by atoms with Crippen LogP contribution in [0.25, 0.3) is 0 Å². The number of hydrogen-bond acceptors (Lipinski definition) is 3. The Hall–Kier alpha value is -1.47. The summed E-state index contributed by atoms with van der Waals surface area (Å²) in [7, 11) is -3.73. The molecule has 0 saturated carbocycles. The number of nitrogens with zero attached hydrogens (tertiary/aromatic N) is 1. The number of hydrogen-bond donors (Lipinski definition) is 1. The molecule has 1 atom stereocenters. The van der Waals surface area contributed by atoms with Crippen molar-refractivity contribution < 1.29 is 13.2 Å². The van der Waals surface area contributed by atoms with Gasteiger partial charge in [-0.25, -0.2) is 8.42 Å². The van der Waals surface area contributed by atoms with Crippen LogP contribution in [0.5, 0.6) is 0 Å². The molecule has 0 aromatic heterocycles. The van der Waals surface area contributed by atoms with Gasteiger partial charge < -0.3 is 5.32 Å². The van der Waals surface area contributed by atoms with Gasteiger partial charge in [-0.2, -0.15) is 0 Å². The van der Waals surface area contributed by atoms with Crippen LogP contribution in [0.3, 0.4) is 0 Å². The molecule has 26 heavy (non-hydrogen) atoms. The minimum absolute atomic E-state index is 0.250. The zero-order valence-corrected chi connectivity index (χ0v) is 17.1. The van der Waals surface area contributed by atoms with E-state index in [4.69, 9.17) is 34.8 Å². The largest absolute Gasteiger partial charge is 0.323 e. The molecule has 2 rings (SSSR count). The molecule has 0 aliphatic rings. The van der Waals surface area contributed by atoms with Crippen LogP contribution in [0, 0.1) is 0 Å². The lowest BCUT2D eigenvalue weighted by molar-refractivity contribution is -0.117. The Balaban J connectivity index is 2.39. The van der Waals surface area contributed by atoms with E-state index in [2.05, 4.69) is 5.32 Å². The molecular weight excluding hydrogens is 419 g/mol. The Kier molecular flexibility index (Phi) is 6.80. The predicted molar refractivity (Wildman–Crippen MR) is 108 cm³/mol. The average Bonchev–Trinajstić information content (AvgIpc) is 2.56. The summed E-state index contributed by atoms with van der Waals surface area (Å²) >= 11 is 17.9. The number of halogens is 3. The maximum absolute atomic E-state index is 12.8. The molecule has 2 aromatic carbocycles. The van der Waals surface area contributed by atoms with Crippen LogP contribution in [-0.2, 0) is 14.8 Å². The minimum Gasteiger partial charge on any atom is -0.323 e. The van der Waals surface area contributed by atoms with Gasteiger partial charge in [-0.05, 0) is 48.9 Å². The topological polar surface area (TPSA) is 66.5 Å². The summed E-state index contributed by atoms with van der Waals surface area (Å²) in [5.41, 5.74) is 0.656. The van der Waals surface area contributed by atoms with Gasteiger partial charge >= 0.3 is 0 Å². The number of carbonyl (C=O) groups is 1. The van der Waals surface area contributed by atoms with Crippen molar-refractivity contribution in [2.75, 3.05) is 15.9 Å². The quantitative estimate of drug-likeness (QED) is 0.706. The molecule has 1 unspecified atom stereocenters. The number of sulfonamides is 1. The van der Waals surface area contributed by atoms with E-state index >= 15 is 0 Å². The Morgan fingerprint density at radius 1 is 1.08 bits per heavy atom. The molecule has 1 N–H and O–H groups in total. The van der Waals surface area contributed by atoms with E-state index in [9.17, 15) is 13.2 Å². The van der Waals surface area contributed by atoms with Crippen LogP contribution in [0.15, 0.2) is 42.5 Å². The molecule has 0 saturated heterocycles. The number of rotatable bonds is 6. The summed E-state index contributed by atoms with van der Waals surface area (Å²) in [5.74, 6) is -0.517. The Morgan fingerprint density at radius 2 is 1.65 bits per heavy atom. The molecule has 0 fully saturated rings. The number of benzene rings is 2. The lowest BCUT2D eigenvalue weighted by Gasteiger charge is -2.30. The third-order valence-electron chi connectivity index (χ3n) is 3.60. The van der Waals surface area contributed by atoms with Crippen molar-refractivity contribution in [3.05, 3.63) is 57.5 Å². The predicted octanol–water partition coefficient (Wildman–Crippen LogP) is 4.83. The SMILES string of the molecule is CCC(C(=O)Nc1cc(Cl)ccc1Cl)N(c1ccc(Cl)cc1)S(C)(=O)=O. The maximum Gasteiger partial charge on any atom is 0.248 e. The monoisotopic (exact) mass is 434 g/mol. The smallest absolute Gasteiger partial charge is 0.248 e. The summed E-state index contributed by atoms with van der Waals surface area (Å²) in [4.78, 5) is 12.8. The number of carbonyl (C=O) groups excluding carboxylic acids is 1. The van der Waals surface area contributed by atoms with Crippen molar-refractivity contribution in [2.45, 2.75) is 19.4 Å². The first-order valence-electron chi connectivity index (χ1n) is 7.64. The first-order chi connectivity index (χ1) is 12.1. The van der Waals surface area contributed by atoms with E-state index in [1.54, 1.807) is 43.3 Å². The van der Waals surface area contributed by atoms with Crippen LogP contribution in [0.4, 0.5) is 11.4 Å². The van der Waals surface area contributed by atoms with E-state index in [1.165, 1.54) is 6.07 Å². The zero-order chi connectivity index (χ0) is 19.5. The molecule has 0 spiro atoms. The highest BCUT2D eigenvalue weighted by Crippen LogP contribution is 2.28. The molecule has 0 radical (unpaired) electrons. The summed E-state index contributed by atoms with van der Waals surface area (Å²) in [5, 5.41) is 3.81. The fourth-order valence-corrected chi connectivity index (χ4v) is 4.13. The first-order valence-corrected chi connectivity index (χ1v) is 10.6. The van der Waals surface area contributed by atoms with Crippen LogP contribution in [0.2, 0.25) is 15.1 Å². The highest BCUT2D eigenvalue weighted by atomic mass is 35.5. The Bertz CT molecular complexity index is 902. The zero-order valence-electron chi connectivity index (χ0n) is 14.0. The van der Waals surface area contributed by atoms with Crippen LogP contribution >= 0.6 is 34.8 Å². The van der Waals surface area contributed by atoms with E-state index in [-0.39, 0.29) is 6.42 Å². The Morgan fingerprint density at radius 3 is 2.19 bits per heavy atom. The van der Waals surface area contributed by atoms with Crippen LogP contribution in [-0.4, -0.2) is 26.6 Å². The molecule has 1 amide bonds. The lowest BCUT2D eigenvalue weighted by atomic mass is 10.2. The van der Waals surface area contributed by atoms with Crippen molar-refractivity contribution >= 4 is 62.1 Å². The Labute approximate surface area is 167 Å². The van der Waals surface area contributed by atoms with Crippen molar-refractivity contribution in [2.24, 2.45) is 0 Å². The van der Waals surface area contributed by atoms with Gasteiger partial charge in [-0.15, -0.1) is 0 Å². The van der Waals surface area contributed by atoms with E-state index < -0.39 is 22.0 Å². The van der Waals surface area contributed by atoms with Crippen LogP contribution < -0.4 is 9.62 Å². The molecule has 5 nitrogen and oxygen atoms in total. The van der Waals surface area contributed by atoms with Gasteiger partial charge in [0, 0.05) is 10.0 Å². The molecule has 0 aliphatic carbocycles. The van der Waals surface area contributed by atoms with Crippen molar-refractivity contribution in [3.8, 4) is 0 Å². The van der Waals surface area contributed by atoms with E-state index in [0.29, 0.717) is 26.4 Å². The molecule has 0 bridgehead atoms. The van der Waals surface area contributed by atoms with E-state index in [0.717, 1.165) is 10.6 Å². The summed E-state index contributed by atoms with van der Waals surface area (Å²) in [6.45, 7) is 1.72. The fraction of sp³-hybridized carbons (Fsp3) is 0.235. The molecule has 0 aliphatic heterocycles. The highest BCUT2D eigenvalue weighted by Gasteiger charge is 2.31. The molecule has 2 aromatic rings. The normalized spacial score (nSPS) is 12.5. The molecule has 9 heteroatoms. The van der Waals surface area contributed by atoms with E-state index in [1.807, 2.05) is 0 Å². The number of nitrogens with one attached hydrogen (secondary N) is 1. The van der Waals surface area contributed by atoms with Crippen LogP contribution in [0.1, 0.15) is 13.3 Å². The van der Waals surface area contributed by atoms with Crippen molar-refractivity contribution in [1.29, 1.82) is 0 Å². The standard InChI is InChI=1S/C17H17Cl3N2O3S/c1-3-16(17(23)21-15-10-12(19)6-9-14(15)20)22(26(2,24)25)13-7-4-11(18)5-8-13/h4-10,16H,3H2,1-2H3,(H,21,23). The molecular formula is C17H17Cl3N2O3S. The maximum atomic E-state index is 12.8. The minimum atomic E-state index is -3.73. The second-order valence-corrected chi connectivity index (χ2v) is 8.71. The van der Waals surface area contributed by atoms with Gasteiger partial charge in [0.25, 0.3) is 0 Å². The number of amides is 1. The van der Waals surface area contributed by atoms with Gasteiger partial charge in [0.2, 0.25) is 15.9 Å². The second-order valence-electron chi connectivity index (χ2n) is 5.57. The average molecular weight is 436 g/mol. The van der Waals surface area contributed by atoms with Gasteiger partial charge in [-0.3, -0.25) is 9.10 Å². The lowest BCUT2D eigenvalue weighted by Crippen LogP contribution is -2.47. The first kappa shape index (κ1) is 20.8. The number of anilines is 2. The van der Waals surface area contributed by atoms with Crippen molar-refractivity contribution in [3.63, 3.8) is 0 Å². The van der Waals surface area contributed by atoms with Gasteiger partial charge in [0.15, 0.2) is 0 Å². The third kappa shape index (κ3) is 5.04.